The standard InChI is InChI=1S/C12H21N3O2S/c1-12(2,8-15(3)4)7-13-5-9-6-18-10(14-9)11(16)17/h6,13H,5,7-8H2,1-4H3,(H,16,17). The van der Waals surface area contributed by atoms with Crippen molar-refractivity contribution in [2.75, 3.05) is 27.2 Å². The molecule has 0 aliphatic rings. The third kappa shape index (κ3) is 5.12. The molecule has 102 valence electrons. The van der Waals surface area contributed by atoms with E-state index in [-0.39, 0.29) is 10.4 Å². The highest BCUT2D eigenvalue weighted by atomic mass is 32.1. The summed E-state index contributed by atoms with van der Waals surface area (Å²) in [5, 5.41) is 14.0. The van der Waals surface area contributed by atoms with Crippen LogP contribution in [0.4, 0.5) is 0 Å². The summed E-state index contributed by atoms with van der Waals surface area (Å²) in [6.45, 7) is 6.87. The fourth-order valence-corrected chi connectivity index (χ4v) is 2.58. The van der Waals surface area contributed by atoms with Crippen LogP contribution in [-0.4, -0.2) is 48.1 Å². The lowest BCUT2D eigenvalue weighted by Gasteiger charge is -2.28. The van der Waals surface area contributed by atoms with Crippen LogP contribution in [0.25, 0.3) is 0 Å². The van der Waals surface area contributed by atoms with Crippen LogP contribution in [0.3, 0.4) is 0 Å². The highest BCUT2D eigenvalue weighted by Gasteiger charge is 2.18. The lowest BCUT2D eigenvalue weighted by atomic mass is 9.93. The Morgan fingerprint density at radius 1 is 1.56 bits per heavy atom. The Morgan fingerprint density at radius 2 is 2.22 bits per heavy atom. The van der Waals surface area contributed by atoms with E-state index < -0.39 is 5.97 Å². The second kappa shape index (κ2) is 6.26. The number of rotatable bonds is 7. The monoisotopic (exact) mass is 271 g/mol. The van der Waals surface area contributed by atoms with Gasteiger partial charge in [-0.3, -0.25) is 0 Å². The molecule has 0 radical (unpaired) electrons. The molecule has 0 spiro atoms. The highest BCUT2D eigenvalue weighted by Crippen LogP contribution is 2.15. The second-order valence-corrected chi connectivity index (χ2v) is 6.31. The SMILES string of the molecule is CN(C)CC(C)(C)CNCc1csc(C(=O)O)n1. The molecule has 0 fully saturated rings. The molecule has 1 heterocycles. The molecule has 18 heavy (non-hydrogen) atoms. The number of aromatic carboxylic acids is 1. The summed E-state index contributed by atoms with van der Waals surface area (Å²) < 4.78 is 0. The molecule has 0 aliphatic carbocycles. The van der Waals surface area contributed by atoms with E-state index in [9.17, 15) is 4.79 Å². The van der Waals surface area contributed by atoms with Crippen molar-refractivity contribution in [2.24, 2.45) is 5.41 Å². The summed E-state index contributed by atoms with van der Waals surface area (Å²) in [7, 11) is 4.11. The Hall–Kier alpha value is -0.980. The molecule has 0 saturated carbocycles. The molecule has 0 amide bonds. The molecule has 0 atom stereocenters. The Labute approximate surface area is 112 Å². The van der Waals surface area contributed by atoms with Crippen molar-refractivity contribution in [1.29, 1.82) is 0 Å². The first-order valence-corrected chi connectivity index (χ1v) is 6.71. The van der Waals surface area contributed by atoms with Gasteiger partial charge in [-0.2, -0.15) is 0 Å². The smallest absolute Gasteiger partial charge is 0.365 e. The van der Waals surface area contributed by atoms with Gasteiger partial charge in [0.15, 0.2) is 0 Å². The first-order valence-electron chi connectivity index (χ1n) is 5.83. The van der Waals surface area contributed by atoms with E-state index in [2.05, 4.69) is 43.1 Å². The van der Waals surface area contributed by atoms with Crippen LogP contribution in [0.15, 0.2) is 5.38 Å². The highest BCUT2D eigenvalue weighted by molar-refractivity contribution is 7.11. The predicted molar refractivity (Wildman–Crippen MR) is 73.1 cm³/mol. The van der Waals surface area contributed by atoms with E-state index in [1.165, 1.54) is 11.3 Å². The molecule has 0 aliphatic heterocycles. The number of hydrogen-bond donors (Lipinski definition) is 2. The second-order valence-electron chi connectivity index (χ2n) is 5.45. The van der Waals surface area contributed by atoms with Gasteiger partial charge >= 0.3 is 5.97 Å². The maximum atomic E-state index is 10.7. The summed E-state index contributed by atoms with van der Waals surface area (Å²) in [5.41, 5.74) is 0.966. The van der Waals surface area contributed by atoms with Gasteiger partial charge in [0.2, 0.25) is 5.01 Å². The van der Waals surface area contributed by atoms with E-state index in [1.807, 2.05) is 0 Å². The first-order chi connectivity index (χ1) is 8.30. The molecule has 0 saturated heterocycles. The molecule has 2 N–H and O–H groups in total. The van der Waals surface area contributed by atoms with Gasteiger partial charge < -0.3 is 15.3 Å². The van der Waals surface area contributed by atoms with Gasteiger partial charge in [0, 0.05) is 25.0 Å². The predicted octanol–water partition coefficient (Wildman–Crippen LogP) is 1.52. The molecule has 0 bridgehead atoms. The van der Waals surface area contributed by atoms with Crippen LogP contribution in [-0.2, 0) is 6.54 Å². The molecule has 5 nitrogen and oxygen atoms in total. The Morgan fingerprint density at radius 3 is 2.72 bits per heavy atom. The van der Waals surface area contributed by atoms with Crippen LogP contribution < -0.4 is 5.32 Å². The largest absolute Gasteiger partial charge is 0.476 e. The average molecular weight is 271 g/mol. The van der Waals surface area contributed by atoms with E-state index in [0.29, 0.717) is 6.54 Å². The number of carbonyl (C=O) groups is 1. The Balaban J connectivity index is 2.39. The minimum atomic E-state index is -0.959. The maximum Gasteiger partial charge on any atom is 0.365 e. The summed E-state index contributed by atoms with van der Waals surface area (Å²) in [6, 6.07) is 0. The van der Waals surface area contributed by atoms with Crippen molar-refractivity contribution in [3.8, 4) is 0 Å². The van der Waals surface area contributed by atoms with Gasteiger partial charge in [0.05, 0.1) is 5.69 Å². The molecule has 1 aromatic heterocycles. The summed E-state index contributed by atoms with van der Waals surface area (Å²) in [4.78, 5) is 16.9. The lowest BCUT2D eigenvalue weighted by molar-refractivity contribution is 0.0696. The Kier molecular flexibility index (Phi) is 5.25. The van der Waals surface area contributed by atoms with Gasteiger partial charge in [-0.05, 0) is 19.5 Å². The van der Waals surface area contributed by atoms with Gasteiger partial charge in [-0.25, -0.2) is 9.78 Å². The normalized spacial score (nSPS) is 12.1. The van der Waals surface area contributed by atoms with Crippen LogP contribution in [0.1, 0.15) is 29.3 Å². The van der Waals surface area contributed by atoms with E-state index in [4.69, 9.17) is 5.11 Å². The molecule has 6 heteroatoms. The third-order valence-electron chi connectivity index (χ3n) is 2.39. The topological polar surface area (TPSA) is 65.5 Å². The van der Waals surface area contributed by atoms with Crippen molar-refractivity contribution in [1.82, 2.24) is 15.2 Å². The van der Waals surface area contributed by atoms with Crippen LogP contribution in [0, 0.1) is 5.41 Å². The molecular formula is C12H21N3O2S. The molecule has 0 unspecified atom stereocenters. The number of hydrogen-bond acceptors (Lipinski definition) is 5. The zero-order chi connectivity index (χ0) is 13.8. The van der Waals surface area contributed by atoms with Crippen LogP contribution in [0.2, 0.25) is 0 Å². The fourth-order valence-electron chi connectivity index (χ4n) is 1.93. The minimum absolute atomic E-state index is 0.152. The van der Waals surface area contributed by atoms with Crippen LogP contribution in [0.5, 0.6) is 0 Å². The lowest BCUT2D eigenvalue weighted by Crippen LogP contribution is -2.37. The third-order valence-corrected chi connectivity index (χ3v) is 3.27. The van der Waals surface area contributed by atoms with E-state index in [1.54, 1.807) is 5.38 Å². The molecule has 1 rings (SSSR count). The maximum absolute atomic E-state index is 10.7. The van der Waals surface area contributed by atoms with Crippen molar-refractivity contribution >= 4 is 17.3 Å². The summed E-state index contributed by atoms with van der Waals surface area (Å²) in [6.07, 6.45) is 0. The van der Waals surface area contributed by atoms with Crippen molar-refractivity contribution < 1.29 is 9.90 Å². The van der Waals surface area contributed by atoms with Crippen molar-refractivity contribution in [3.05, 3.63) is 16.1 Å². The number of thiazole rings is 1. The van der Waals surface area contributed by atoms with Gasteiger partial charge in [0.25, 0.3) is 0 Å². The Bertz CT molecular complexity index is 402. The van der Waals surface area contributed by atoms with Crippen molar-refractivity contribution in [3.63, 3.8) is 0 Å². The molecule has 1 aromatic rings. The van der Waals surface area contributed by atoms with Gasteiger partial charge in [-0.1, -0.05) is 13.8 Å². The van der Waals surface area contributed by atoms with Crippen LogP contribution >= 0.6 is 11.3 Å². The molecule has 0 aromatic carbocycles. The zero-order valence-corrected chi connectivity index (χ0v) is 12.2. The fraction of sp³-hybridized carbons (Fsp3) is 0.667. The first kappa shape index (κ1) is 15.1. The minimum Gasteiger partial charge on any atom is -0.476 e. The van der Waals surface area contributed by atoms with Crippen molar-refractivity contribution in [2.45, 2.75) is 20.4 Å². The summed E-state index contributed by atoms with van der Waals surface area (Å²) in [5.74, 6) is -0.959. The number of nitrogens with one attached hydrogen (secondary N) is 1. The average Bonchev–Trinajstić information content (AvgIpc) is 2.63. The van der Waals surface area contributed by atoms with Gasteiger partial charge in [0.1, 0.15) is 0 Å². The zero-order valence-electron chi connectivity index (χ0n) is 11.4. The number of aromatic nitrogens is 1. The summed E-state index contributed by atoms with van der Waals surface area (Å²) >= 11 is 1.17. The van der Waals surface area contributed by atoms with E-state index in [0.717, 1.165) is 18.8 Å². The number of carboxylic acid groups (broad SMARTS) is 1. The number of nitrogens with zero attached hydrogens (tertiary/aromatic N) is 2. The quantitative estimate of drug-likeness (QED) is 0.787. The van der Waals surface area contributed by atoms with Gasteiger partial charge in [-0.15, -0.1) is 11.3 Å². The number of carboxylic acids is 1. The van der Waals surface area contributed by atoms with E-state index >= 15 is 0 Å². The molecular weight excluding hydrogens is 250 g/mol.